The molecule has 5 heteroatoms. The van der Waals surface area contributed by atoms with Gasteiger partial charge in [-0.15, -0.1) is 0 Å². The molecule has 1 aromatic carbocycles. The lowest BCUT2D eigenvalue weighted by Crippen LogP contribution is -2.43. The number of amides is 1. The van der Waals surface area contributed by atoms with Gasteiger partial charge in [0, 0.05) is 24.6 Å². The predicted molar refractivity (Wildman–Crippen MR) is 97.8 cm³/mol. The topological polar surface area (TPSA) is 64.0 Å². The van der Waals surface area contributed by atoms with Crippen molar-refractivity contribution in [2.24, 2.45) is 11.8 Å². The summed E-state index contributed by atoms with van der Waals surface area (Å²) >= 11 is 0. The Kier molecular flexibility index (Phi) is 4.10. The van der Waals surface area contributed by atoms with E-state index in [0.717, 1.165) is 31.6 Å². The monoisotopic (exact) mass is 339 g/mol. The number of hydrogen-bond acceptors (Lipinski definition) is 3. The summed E-state index contributed by atoms with van der Waals surface area (Å²) < 4.78 is 1.76. The van der Waals surface area contributed by atoms with Crippen LogP contribution < -0.4 is 10.9 Å². The maximum Gasteiger partial charge on any atom is 0.261 e. The summed E-state index contributed by atoms with van der Waals surface area (Å²) in [5.41, 5.74) is 1.24. The van der Waals surface area contributed by atoms with Gasteiger partial charge in [0.15, 0.2) is 0 Å². The van der Waals surface area contributed by atoms with Crippen molar-refractivity contribution in [1.82, 2.24) is 14.9 Å². The van der Waals surface area contributed by atoms with Crippen molar-refractivity contribution in [3.05, 3.63) is 39.9 Å². The van der Waals surface area contributed by atoms with Gasteiger partial charge < -0.3 is 5.32 Å². The maximum absolute atomic E-state index is 12.7. The van der Waals surface area contributed by atoms with E-state index in [-0.39, 0.29) is 17.5 Å². The van der Waals surface area contributed by atoms with E-state index < -0.39 is 0 Å². The van der Waals surface area contributed by atoms with Crippen LogP contribution in [0.15, 0.2) is 23.0 Å². The van der Waals surface area contributed by atoms with Crippen molar-refractivity contribution in [2.45, 2.75) is 58.5 Å². The van der Waals surface area contributed by atoms with Gasteiger partial charge in [0.25, 0.3) is 11.5 Å². The summed E-state index contributed by atoms with van der Waals surface area (Å²) in [6, 6.07) is 5.49. The summed E-state index contributed by atoms with van der Waals surface area (Å²) in [6.07, 6.45) is 5.24. The smallest absolute Gasteiger partial charge is 0.261 e. The van der Waals surface area contributed by atoms with E-state index in [1.807, 2.05) is 0 Å². The van der Waals surface area contributed by atoms with Gasteiger partial charge in [0.1, 0.15) is 5.82 Å². The van der Waals surface area contributed by atoms with Crippen LogP contribution in [0.2, 0.25) is 0 Å². The predicted octanol–water partition coefficient (Wildman–Crippen LogP) is 2.90. The Morgan fingerprint density at radius 3 is 2.92 bits per heavy atom. The summed E-state index contributed by atoms with van der Waals surface area (Å²) in [5, 5.41) is 3.80. The molecule has 2 aromatic rings. The minimum absolute atomic E-state index is 0.0131. The van der Waals surface area contributed by atoms with E-state index in [1.165, 1.54) is 12.8 Å². The molecule has 132 valence electrons. The Hall–Kier alpha value is -2.17. The first-order valence-electron chi connectivity index (χ1n) is 9.39. The molecular formula is C20H25N3O2. The van der Waals surface area contributed by atoms with Gasteiger partial charge in [0.2, 0.25) is 0 Å². The van der Waals surface area contributed by atoms with Gasteiger partial charge in [-0.05, 0) is 42.9 Å². The number of fused-ring (bicyclic) bond motifs is 2. The Balaban J connectivity index is 1.62. The summed E-state index contributed by atoms with van der Waals surface area (Å²) in [6.45, 7) is 5.23. The largest absolute Gasteiger partial charge is 0.349 e. The molecule has 4 rings (SSSR count). The first kappa shape index (κ1) is 16.3. The Labute approximate surface area is 147 Å². The van der Waals surface area contributed by atoms with Crippen molar-refractivity contribution in [3.8, 4) is 0 Å². The first-order chi connectivity index (χ1) is 12.0. The molecule has 1 N–H and O–H groups in total. The fraction of sp³-hybridized carbons (Fsp3) is 0.550. The quantitative estimate of drug-likeness (QED) is 0.915. The van der Waals surface area contributed by atoms with Crippen molar-refractivity contribution in [3.63, 3.8) is 0 Å². The zero-order valence-electron chi connectivity index (χ0n) is 14.9. The number of aryl methyl sites for hydroxylation is 1. The molecule has 1 aliphatic carbocycles. The van der Waals surface area contributed by atoms with Crippen molar-refractivity contribution in [2.75, 3.05) is 0 Å². The number of carbonyl (C=O) groups is 1. The van der Waals surface area contributed by atoms with Gasteiger partial charge in [-0.2, -0.15) is 0 Å². The highest BCUT2D eigenvalue weighted by Crippen LogP contribution is 2.29. The summed E-state index contributed by atoms with van der Waals surface area (Å²) in [4.78, 5) is 29.8. The van der Waals surface area contributed by atoms with E-state index in [9.17, 15) is 9.59 Å². The van der Waals surface area contributed by atoms with Crippen LogP contribution in [-0.2, 0) is 13.0 Å². The van der Waals surface area contributed by atoms with Crippen LogP contribution in [-0.4, -0.2) is 21.5 Å². The number of carbonyl (C=O) groups excluding carboxylic acids is 1. The average Bonchev–Trinajstić information content (AvgIpc) is 3.07. The van der Waals surface area contributed by atoms with Gasteiger partial charge in [-0.1, -0.05) is 26.7 Å². The van der Waals surface area contributed by atoms with Gasteiger partial charge in [-0.3, -0.25) is 14.2 Å². The molecule has 2 heterocycles. The number of nitrogens with zero attached hydrogens (tertiary/aromatic N) is 2. The third-order valence-electron chi connectivity index (χ3n) is 6.10. The van der Waals surface area contributed by atoms with Gasteiger partial charge >= 0.3 is 0 Å². The zero-order valence-corrected chi connectivity index (χ0v) is 14.9. The van der Waals surface area contributed by atoms with Crippen LogP contribution in [0.1, 0.15) is 55.7 Å². The Morgan fingerprint density at radius 2 is 2.08 bits per heavy atom. The number of hydrogen-bond donors (Lipinski definition) is 1. The fourth-order valence-corrected chi connectivity index (χ4v) is 4.26. The lowest BCUT2D eigenvalue weighted by Gasteiger charge is -2.34. The summed E-state index contributed by atoms with van der Waals surface area (Å²) in [5.74, 6) is 1.91. The zero-order chi connectivity index (χ0) is 17.6. The molecule has 0 spiro atoms. The highest BCUT2D eigenvalue weighted by molar-refractivity contribution is 5.97. The van der Waals surface area contributed by atoms with Gasteiger partial charge in [-0.25, -0.2) is 4.98 Å². The molecule has 0 saturated heterocycles. The second kappa shape index (κ2) is 6.28. The number of benzene rings is 1. The molecule has 1 fully saturated rings. The van der Waals surface area contributed by atoms with Crippen molar-refractivity contribution >= 4 is 16.8 Å². The molecule has 3 atom stereocenters. The van der Waals surface area contributed by atoms with Crippen LogP contribution in [0.3, 0.4) is 0 Å². The van der Waals surface area contributed by atoms with Gasteiger partial charge in [0.05, 0.1) is 10.9 Å². The van der Waals surface area contributed by atoms with Crippen molar-refractivity contribution in [1.29, 1.82) is 0 Å². The number of rotatable bonds is 2. The van der Waals surface area contributed by atoms with E-state index in [0.29, 0.717) is 28.3 Å². The van der Waals surface area contributed by atoms with Crippen LogP contribution in [0.5, 0.6) is 0 Å². The number of aromatic nitrogens is 2. The molecule has 25 heavy (non-hydrogen) atoms. The molecule has 2 aliphatic rings. The minimum atomic E-state index is -0.0600. The van der Waals surface area contributed by atoms with Crippen molar-refractivity contribution < 1.29 is 4.79 Å². The lowest BCUT2D eigenvalue weighted by molar-refractivity contribution is 0.0891. The lowest BCUT2D eigenvalue weighted by atomic mass is 9.78. The molecule has 1 aromatic heterocycles. The third kappa shape index (κ3) is 2.86. The average molecular weight is 339 g/mol. The molecule has 1 aliphatic heterocycles. The van der Waals surface area contributed by atoms with Crippen LogP contribution in [0.4, 0.5) is 0 Å². The molecule has 0 unspecified atom stereocenters. The van der Waals surface area contributed by atoms with Crippen LogP contribution in [0, 0.1) is 11.8 Å². The van der Waals surface area contributed by atoms with Crippen LogP contribution in [0.25, 0.3) is 10.9 Å². The Morgan fingerprint density at radius 1 is 1.24 bits per heavy atom. The van der Waals surface area contributed by atoms with E-state index in [4.69, 9.17) is 0 Å². The SMILES string of the molecule is C[C@@H]1[C@H](C)CCC[C@@H]1NC(=O)c1ccc2c(=O)n3c(nc2c1)CCC3. The molecule has 5 nitrogen and oxygen atoms in total. The minimum Gasteiger partial charge on any atom is -0.349 e. The molecule has 1 amide bonds. The molecule has 1 saturated carbocycles. The highest BCUT2D eigenvalue weighted by atomic mass is 16.1. The molecule has 0 radical (unpaired) electrons. The second-order valence-electron chi connectivity index (χ2n) is 7.67. The molecular weight excluding hydrogens is 314 g/mol. The van der Waals surface area contributed by atoms with E-state index in [2.05, 4.69) is 24.1 Å². The molecule has 0 bridgehead atoms. The van der Waals surface area contributed by atoms with E-state index >= 15 is 0 Å². The first-order valence-corrected chi connectivity index (χ1v) is 9.39. The standard InChI is InChI=1S/C20H25N3O2/c1-12-5-3-6-16(13(12)2)22-19(24)14-8-9-15-17(11-14)21-18-7-4-10-23(18)20(15)25/h8-9,11-13,16H,3-7,10H2,1-2H3,(H,22,24)/t12-,13-,16+/m1/s1. The fourth-order valence-electron chi connectivity index (χ4n) is 4.26. The Bertz CT molecular complexity index is 886. The second-order valence-corrected chi connectivity index (χ2v) is 7.67. The highest BCUT2D eigenvalue weighted by Gasteiger charge is 2.28. The van der Waals surface area contributed by atoms with Crippen LogP contribution >= 0.6 is 0 Å². The summed E-state index contributed by atoms with van der Waals surface area (Å²) in [7, 11) is 0. The number of nitrogens with one attached hydrogen (secondary N) is 1. The van der Waals surface area contributed by atoms with E-state index in [1.54, 1.807) is 22.8 Å². The third-order valence-corrected chi connectivity index (χ3v) is 6.10. The maximum atomic E-state index is 12.7. The normalized spacial score (nSPS) is 25.8.